The van der Waals surface area contributed by atoms with E-state index in [9.17, 15) is 4.79 Å². The fraction of sp³-hybridized carbons (Fsp3) is 0.857. The summed E-state index contributed by atoms with van der Waals surface area (Å²) in [5.74, 6) is -0.391. The van der Waals surface area contributed by atoms with Crippen LogP contribution in [0.3, 0.4) is 0 Å². The van der Waals surface area contributed by atoms with Crippen molar-refractivity contribution in [3.63, 3.8) is 0 Å². The van der Waals surface area contributed by atoms with Crippen LogP contribution < -0.4 is 11.1 Å². The first kappa shape index (κ1) is 9.44. The molecule has 0 saturated carbocycles. The van der Waals surface area contributed by atoms with Crippen molar-refractivity contribution in [3.05, 3.63) is 0 Å². The van der Waals surface area contributed by atoms with E-state index in [0.717, 1.165) is 0 Å². The van der Waals surface area contributed by atoms with E-state index in [1.54, 1.807) is 7.05 Å². The zero-order chi connectivity index (χ0) is 8.97. The summed E-state index contributed by atoms with van der Waals surface area (Å²) < 4.78 is 10.2. The third-order valence-electron chi connectivity index (χ3n) is 1.80. The number of carbonyl (C=O) groups is 1. The van der Waals surface area contributed by atoms with Crippen molar-refractivity contribution < 1.29 is 14.3 Å². The van der Waals surface area contributed by atoms with Gasteiger partial charge < -0.3 is 20.5 Å². The molecule has 0 spiro atoms. The molecule has 0 aliphatic carbocycles. The van der Waals surface area contributed by atoms with Crippen LogP contribution in [0, 0.1) is 0 Å². The Kier molecular flexibility index (Phi) is 3.46. The standard InChI is InChI=1S/C7H14N2O3/c1-9-6(7(8)10)4-12-5-2-11-3-5/h5-6,9H,2-4H2,1H3,(H2,8,10). The molecule has 1 unspecified atom stereocenters. The van der Waals surface area contributed by atoms with E-state index in [4.69, 9.17) is 15.2 Å². The number of carbonyl (C=O) groups excluding carboxylic acids is 1. The van der Waals surface area contributed by atoms with Crippen LogP contribution in [0.25, 0.3) is 0 Å². The fourth-order valence-electron chi connectivity index (χ4n) is 0.850. The van der Waals surface area contributed by atoms with Crippen molar-refractivity contribution in [1.29, 1.82) is 0 Å². The second kappa shape index (κ2) is 4.39. The molecule has 1 amide bonds. The van der Waals surface area contributed by atoms with Gasteiger partial charge in [0.05, 0.1) is 19.8 Å². The molecule has 1 heterocycles. The smallest absolute Gasteiger partial charge is 0.236 e. The van der Waals surface area contributed by atoms with Crippen molar-refractivity contribution in [1.82, 2.24) is 5.32 Å². The van der Waals surface area contributed by atoms with Crippen molar-refractivity contribution >= 4 is 5.91 Å². The van der Waals surface area contributed by atoms with Crippen molar-refractivity contribution in [3.8, 4) is 0 Å². The second-order valence-corrected chi connectivity index (χ2v) is 2.74. The first-order valence-corrected chi connectivity index (χ1v) is 3.90. The van der Waals surface area contributed by atoms with Gasteiger partial charge in [0.25, 0.3) is 0 Å². The lowest BCUT2D eigenvalue weighted by Gasteiger charge is -2.27. The average molecular weight is 174 g/mol. The number of rotatable bonds is 5. The van der Waals surface area contributed by atoms with Crippen LogP contribution in [0.5, 0.6) is 0 Å². The minimum absolute atomic E-state index is 0.139. The monoisotopic (exact) mass is 174 g/mol. The van der Waals surface area contributed by atoms with Crippen molar-refractivity contribution in [2.45, 2.75) is 12.1 Å². The summed E-state index contributed by atoms with van der Waals surface area (Å²) >= 11 is 0. The van der Waals surface area contributed by atoms with E-state index in [1.165, 1.54) is 0 Å². The van der Waals surface area contributed by atoms with Gasteiger partial charge in [0, 0.05) is 0 Å². The lowest BCUT2D eigenvalue weighted by Crippen LogP contribution is -2.46. The molecule has 5 heteroatoms. The Bertz CT molecular complexity index is 159. The summed E-state index contributed by atoms with van der Waals surface area (Å²) in [4.78, 5) is 10.7. The van der Waals surface area contributed by atoms with E-state index in [1.807, 2.05) is 0 Å². The summed E-state index contributed by atoms with van der Waals surface area (Å²) in [7, 11) is 1.68. The molecule has 0 aromatic carbocycles. The maximum absolute atomic E-state index is 10.7. The lowest BCUT2D eigenvalue weighted by molar-refractivity contribution is -0.140. The van der Waals surface area contributed by atoms with Crippen LogP contribution in [-0.4, -0.2) is 44.9 Å². The van der Waals surface area contributed by atoms with E-state index in [0.29, 0.717) is 19.8 Å². The Morgan fingerprint density at radius 3 is 2.83 bits per heavy atom. The van der Waals surface area contributed by atoms with Crippen molar-refractivity contribution in [2.24, 2.45) is 5.73 Å². The minimum Gasteiger partial charge on any atom is -0.376 e. The van der Waals surface area contributed by atoms with E-state index in [-0.39, 0.29) is 6.10 Å². The summed E-state index contributed by atoms with van der Waals surface area (Å²) in [5, 5.41) is 2.76. The number of likely N-dealkylation sites (N-methyl/N-ethyl adjacent to an activating group) is 1. The third kappa shape index (κ3) is 2.44. The Hall–Kier alpha value is -0.650. The van der Waals surface area contributed by atoms with Gasteiger partial charge in [-0.05, 0) is 7.05 Å². The minimum atomic E-state index is -0.398. The zero-order valence-corrected chi connectivity index (χ0v) is 7.08. The van der Waals surface area contributed by atoms with Gasteiger partial charge >= 0.3 is 0 Å². The summed E-state index contributed by atoms with van der Waals surface area (Å²) in [6, 6.07) is -0.398. The highest BCUT2D eigenvalue weighted by Gasteiger charge is 2.21. The number of nitrogens with one attached hydrogen (secondary N) is 1. The van der Waals surface area contributed by atoms with Crippen LogP contribution in [0.1, 0.15) is 0 Å². The van der Waals surface area contributed by atoms with E-state index < -0.39 is 11.9 Å². The largest absolute Gasteiger partial charge is 0.376 e. The first-order valence-electron chi connectivity index (χ1n) is 3.90. The highest BCUT2D eigenvalue weighted by molar-refractivity contribution is 5.79. The maximum atomic E-state index is 10.7. The zero-order valence-electron chi connectivity index (χ0n) is 7.08. The second-order valence-electron chi connectivity index (χ2n) is 2.74. The van der Waals surface area contributed by atoms with Crippen LogP contribution >= 0.6 is 0 Å². The van der Waals surface area contributed by atoms with Gasteiger partial charge in [-0.1, -0.05) is 0 Å². The van der Waals surface area contributed by atoms with Gasteiger partial charge in [0.2, 0.25) is 5.91 Å². The van der Waals surface area contributed by atoms with Gasteiger partial charge in [-0.15, -0.1) is 0 Å². The van der Waals surface area contributed by atoms with Gasteiger partial charge in [0.15, 0.2) is 0 Å². The third-order valence-corrected chi connectivity index (χ3v) is 1.80. The fourth-order valence-corrected chi connectivity index (χ4v) is 0.850. The van der Waals surface area contributed by atoms with Gasteiger partial charge in [-0.2, -0.15) is 0 Å². The van der Waals surface area contributed by atoms with Crippen molar-refractivity contribution in [2.75, 3.05) is 26.9 Å². The van der Waals surface area contributed by atoms with Gasteiger partial charge in [-0.3, -0.25) is 4.79 Å². The first-order chi connectivity index (χ1) is 5.74. The number of primary amides is 1. The molecule has 0 radical (unpaired) electrons. The van der Waals surface area contributed by atoms with Crippen LogP contribution in [0.15, 0.2) is 0 Å². The maximum Gasteiger partial charge on any atom is 0.236 e. The Labute approximate surface area is 71.2 Å². The highest BCUT2D eigenvalue weighted by Crippen LogP contribution is 2.05. The molecular weight excluding hydrogens is 160 g/mol. The number of ether oxygens (including phenoxy) is 2. The predicted octanol–water partition coefficient (Wildman–Crippen LogP) is -1.52. The molecule has 0 aromatic heterocycles. The normalized spacial score (nSPS) is 20.1. The predicted molar refractivity (Wildman–Crippen MR) is 42.6 cm³/mol. The molecule has 3 N–H and O–H groups in total. The summed E-state index contributed by atoms with van der Waals surface area (Å²) in [5.41, 5.74) is 5.08. The molecule has 1 aliphatic rings. The van der Waals surface area contributed by atoms with Crippen LogP contribution in [0.2, 0.25) is 0 Å². The summed E-state index contributed by atoms with van der Waals surface area (Å²) in [6.07, 6.45) is 0.139. The molecule has 12 heavy (non-hydrogen) atoms. The Morgan fingerprint density at radius 2 is 2.50 bits per heavy atom. The molecule has 0 aromatic rings. The molecule has 5 nitrogen and oxygen atoms in total. The molecular formula is C7H14N2O3. The SMILES string of the molecule is CNC(COC1COC1)C(N)=O. The topological polar surface area (TPSA) is 73.6 Å². The summed E-state index contributed by atoms with van der Waals surface area (Å²) in [6.45, 7) is 1.56. The van der Waals surface area contributed by atoms with E-state index >= 15 is 0 Å². The molecule has 1 fully saturated rings. The molecule has 1 saturated heterocycles. The highest BCUT2D eigenvalue weighted by atomic mass is 16.6. The number of hydrogen-bond acceptors (Lipinski definition) is 4. The molecule has 1 rings (SSSR count). The molecule has 1 aliphatic heterocycles. The Morgan fingerprint density at radius 1 is 1.83 bits per heavy atom. The van der Waals surface area contributed by atoms with E-state index in [2.05, 4.69) is 5.32 Å². The van der Waals surface area contributed by atoms with Crippen LogP contribution in [-0.2, 0) is 14.3 Å². The van der Waals surface area contributed by atoms with Gasteiger partial charge in [-0.25, -0.2) is 0 Å². The average Bonchev–Trinajstić information content (AvgIpc) is 1.93. The molecule has 0 bridgehead atoms. The number of nitrogens with two attached hydrogens (primary N) is 1. The van der Waals surface area contributed by atoms with Crippen LogP contribution in [0.4, 0.5) is 0 Å². The number of hydrogen-bond donors (Lipinski definition) is 2. The molecule has 1 atom stereocenters. The lowest BCUT2D eigenvalue weighted by atomic mass is 10.3. The number of amides is 1. The Balaban J connectivity index is 2.13. The molecule has 70 valence electrons. The van der Waals surface area contributed by atoms with Gasteiger partial charge in [0.1, 0.15) is 12.1 Å². The quantitative estimate of drug-likeness (QED) is 0.530.